The van der Waals surface area contributed by atoms with Crippen LogP contribution in [0.3, 0.4) is 0 Å². The van der Waals surface area contributed by atoms with Crippen LogP contribution in [0.5, 0.6) is 0 Å². The summed E-state index contributed by atoms with van der Waals surface area (Å²) < 4.78 is 5.65. The van der Waals surface area contributed by atoms with Gasteiger partial charge in [-0.25, -0.2) is 0 Å². The molecule has 0 rings (SSSR count). The van der Waals surface area contributed by atoms with Gasteiger partial charge in [-0.2, -0.15) is 0 Å². The average molecular weight is 284 g/mol. The third kappa shape index (κ3) is 18.0. The molecular formula is C19H39O. The first-order chi connectivity index (χ1) is 9.91. The molecule has 20 heavy (non-hydrogen) atoms. The molecule has 0 aliphatic heterocycles. The van der Waals surface area contributed by atoms with E-state index in [9.17, 15) is 0 Å². The summed E-state index contributed by atoms with van der Waals surface area (Å²) in [7, 11) is 0. The predicted octanol–water partition coefficient (Wildman–Crippen LogP) is 6.71. The van der Waals surface area contributed by atoms with Crippen LogP contribution >= 0.6 is 0 Å². The van der Waals surface area contributed by atoms with Crippen molar-refractivity contribution in [3.63, 3.8) is 0 Å². The van der Waals surface area contributed by atoms with Crippen LogP contribution in [-0.2, 0) is 4.74 Å². The molecule has 1 radical (unpaired) electrons. The van der Waals surface area contributed by atoms with Gasteiger partial charge in [-0.05, 0) is 19.3 Å². The van der Waals surface area contributed by atoms with Gasteiger partial charge < -0.3 is 4.74 Å². The minimum Gasteiger partial charge on any atom is -0.381 e. The van der Waals surface area contributed by atoms with Crippen LogP contribution in [0.4, 0.5) is 0 Å². The van der Waals surface area contributed by atoms with Crippen molar-refractivity contribution in [3.05, 3.63) is 6.42 Å². The fraction of sp³-hybridized carbons (Fsp3) is 0.947. The SMILES string of the molecule is CCCCCCC[CH]COCCCCCCCCCC. The van der Waals surface area contributed by atoms with Gasteiger partial charge in [-0.1, -0.05) is 90.9 Å². The minimum absolute atomic E-state index is 0.865. The van der Waals surface area contributed by atoms with Crippen LogP contribution < -0.4 is 0 Å². The Bertz CT molecular complexity index is 138. The quantitative estimate of drug-likeness (QED) is 0.270. The summed E-state index contributed by atoms with van der Waals surface area (Å²) in [5.74, 6) is 0. The molecule has 121 valence electrons. The summed E-state index contributed by atoms with van der Waals surface area (Å²) in [5, 5.41) is 0. The first-order valence-corrected chi connectivity index (χ1v) is 9.31. The van der Waals surface area contributed by atoms with Crippen LogP contribution in [0.25, 0.3) is 0 Å². The Balaban J connectivity index is 2.89. The molecule has 0 aliphatic carbocycles. The van der Waals surface area contributed by atoms with Gasteiger partial charge in [0.25, 0.3) is 0 Å². The summed E-state index contributed by atoms with van der Waals surface area (Å²) in [5.41, 5.74) is 0. The van der Waals surface area contributed by atoms with Gasteiger partial charge in [-0.15, -0.1) is 0 Å². The zero-order chi connectivity index (χ0) is 14.7. The van der Waals surface area contributed by atoms with E-state index >= 15 is 0 Å². The zero-order valence-corrected chi connectivity index (χ0v) is 14.3. The van der Waals surface area contributed by atoms with Crippen LogP contribution in [0.15, 0.2) is 0 Å². The molecule has 0 aromatic heterocycles. The Morgan fingerprint density at radius 2 is 1.10 bits per heavy atom. The molecular weight excluding hydrogens is 244 g/mol. The molecule has 0 fully saturated rings. The van der Waals surface area contributed by atoms with Crippen LogP contribution in [-0.4, -0.2) is 13.2 Å². The predicted molar refractivity (Wildman–Crippen MR) is 91.1 cm³/mol. The fourth-order valence-electron chi connectivity index (χ4n) is 2.48. The van der Waals surface area contributed by atoms with Crippen LogP contribution in [0.2, 0.25) is 0 Å². The molecule has 0 heterocycles. The summed E-state index contributed by atoms with van der Waals surface area (Å²) in [4.78, 5) is 0. The molecule has 1 nitrogen and oxygen atoms in total. The first kappa shape index (κ1) is 20.0. The molecule has 0 aromatic carbocycles. The highest BCUT2D eigenvalue weighted by Gasteiger charge is 1.94. The standard InChI is InChI=1S/C19H39O/c1-3-5-7-9-11-13-15-17-19-20-18-16-14-12-10-8-6-4-2/h16H,3-15,17-19H2,1-2H3. The summed E-state index contributed by atoms with van der Waals surface area (Å²) >= 11 is 0. The van der Waals surface area contributed by atoms with E-state index in [1.54, 1.807) is 0 Å². The highest BCUT2D eigenvalue weighted by atomic mass is 16.5. The van der Waals surface area contributed by atoms with Gasteiger partial charge in [0, 0.05) is 13.2 Å². The lowest BCUT2D eigenvalue weighted by molar-refractivity contribution is 0.147. The Hall–Kier alpha value is -0.0400. The number of rotatable bonds is 17. The largest absolute Gasteiger partial charge is 0.381 e. The second kappa shape index (κ2) is 19.0. The second-order valence-electron chi connectivity index (χ2n) is 6.04. The van der Waals surface area contributed by atoms with Crippen molar-refractivity contribution >= 4 is 0 Å². The third-order valence-electron chi connectivity index (χ3n) is 3.89. The highest BCUT2D eigenvalue weighted by molar-refractivity contribution is 4.63. The van der Waals surface area contributed by atoms with Crippen molar-refractivity contribution < 1.29 is 4.74 Å². The van der Waals surface area contributed by atoms with E-state index < -0.39 is 0 Å². The van der Waals surface area contributed by atoms with E-state index in [1.165, 1.54) is 89.9 Å². The van der Waals surface area contributed by atoms with Crippen molar-refractivity contribution in [1.29, 1.82) is 0 Å². The molecule has 0 aromatic rings. The lowest BCUT2D eigenvalue weighted by Gasteiger charge is -2.04. The van der Waals surface area contributed by atoms with E-state index in [4.69, 9.17) is 4.74 Å². The van der Waals surface area contributed by atoms with Crippen LogP contribution in [0, 0.1) is 6.42 Å². The van der Waals surface area contributed by atoms with Gasteiger partial charge in [0.15, 0.2) is 0 Å². The van der Waals surface area contributed by atoms with E-state index in [0.29, 0.717) is 0 Å². The van der Waals surface area contributed by atoms with Crippen molar-refractivity contribution in [2.24, 2.45) is 0 Å². The van der Waals surface area contributed by atoms with Gasteiger partial charge in [0.1, 0.15) is 0 Å². The molecule has 1 heteroatoms. The maximum absolute atomic E-state index is 5.65. The van der Waals surface area contributed by atoms with E-state index in [1.807, 2.05) is 0 Å². The lowest BCUT2D eigenvalue weighted by atomic mass is 10.1. The third-order valence-corrected chi connectivity index (χ3v) is 3.89. The molecule has 0 atom stereocenters. The number of hydrogen-bond acceptors (Lipinski definition) is 1. The normalized spacial score (nSPS) is 11.1. The second-order valence-corrected chi connectivity index (χ2v) is 6.04. The molecule has 0 saturated carbocycles. The molecule has 0 saturated heterocycles. The first-order valence-electron chi connectivity index (χ1n) is 9.31. The van der Waals surface area contributed by atoms with Crippen molar-refractivity contribution in [3.8, 4) is 0 Å². The summed E-state index contributed by atoms with van der Waals surface area (Å²) in [6, 6.07) is 0. The Kier molecular flexibility index (Phi) is 18.9. The monoisotopic (exact) mass is 283 g/mol. The summed E-state index contributed by atoms with van der Waals surface area (Å²) in [6.07, 6.45) is 21.5. The van der Waals surface area contributed by atoms with Gasteiger partial charge in [0.2, 0.25) is 0 Å². The highest BCUT2D eigenvalue weighted by Crippen LogP contribution is 2.09. The fourth-order valence-corrected chi connectivity index (χ4v) is 2.48. The van der Waals surface area contributed by atoms with Gasteiger partial charge in [-0.3, -0.25) is 0 Å². The van der Waals surface area contributed by atoms with Gasteiger partial charge >= 0.3 is 0 Å². The number of hydrogen-bond donors (Lipinski definition) is 0. The van der Waals surface area contributed by atoms with Crippen LogP contribution in [0.1, 0.15) is 104 Å². The molecule has 0 bridgehead atoms. The average Bonchev–Trinajstić information content (AvgIpc) is 2.47. The van der Waals surface area contributed by atoms with E-state index in [-0.39, 0.29) is 0 Å². The Morgan fingerprint density at radius 3 is 1.70 bits per heavy atom. The van der Waals surface area contributed by atoms with E-state index in [0.717, 1.165) is 13.2 Å². The van der Waals surface area contributed by atoms with Crippen molar-refractivity contribution in [2.45, 2.75) is 104 Å². The maximum atomic E-state index is 5.65. The topological polar surface area (TPSA) is 9.23 Å². The maximum Gasteiger partial charge on any atom is 0.0497 e. The minimum atomic E-state index is 0.865. The molecule has 0 N–H and O–H groups in total. The zero-order valence-electron chi connectivity index (χ0n) is 14.3. The Labute approximate surface area is 128 Å². The lowest BCUT2D eigenvalue weighted by Crippen LogP contribution is -1.98. The molecule has 0 aliphatic rings. The van der Waals surface area contributed by atoms with Crippen molar-refractivity contribution in [1.82, 2.24) is 0 Å². The van der Waals surface area contributed by atoms with Crippen molar-refractivity contribution in [2.75, 3.05) is 13.2 Å². The summed E-state index contributed by atoms with van der Waals surface area (Å²) in [6.45, 7) is 6.37. The molecule has 0 spiro atoms. The number of unbranched alkanes of at least 4 members (excludes halogenated alkanes) is 13. The van der Waals surface area contributed by atoms with E-state index in [2.05, 4.69) is 20.3 Å². The Morgan fingerprint density at radius 1 is 0.600 bits per heavy atom. The molecule has 0 unspecified atom stereocenters. The molecule has 0 amide bonds. The van der Waals surface area contributed by atoms with Gasteiger partial charge in [0.05, 0.1) is 0 Å². The smallest absolute Gasteiger partial charge is 0.0497 e. The number of ether oxygens (including phenoxy) is 1.